The van der Waals surface area contributed by atoms with Crippen molar-refractivity contribution in [3.05, 3.63) is 28.2 Å². The molecule has 2 unspecified atom stereocenters. The molecule has 1 aliphatic rings. The van der Waals surface area contributed by atoms with E-state index in [0.29, 0.717) is 9.99 Å². The molecule has 2 aromatic rings. The SMILES string of the molecule is CC(Cl)c1nc2cc(F)c(Br)cc2n1CC1(C)CCCS1. The zero-order valence-corrected chi connectivity index (χ0v) is 15.2. The quantitative estimate of drug-likeness (QED) is 0.641. The van der Waals surface area contributed by atoms with Crippen LogP contribution in [-0.4, -0.2) is 20.1 Å². The van der Waals surface area contributed by atoms with E-state index in [1.54, 1.807) is 0 Å². The average molecular weight is 392 g/mol. The fourth-order valence-electron chi connectivity index (χ4n) is 2.90. The van der Waals surface area contributed by atoms with Gasteiger partial charge in [0.1, 0.15) is 11.6 Å². The number of alkyl halides is 1. The van der Waals surface area contributed by atoms with Gasteiger partial charge in [0, 0.05) is 17.4 Å². The largest absolute Gasteiger partial charge is 0.325 e. The van der Waals surface area contributed by atoms with Crippen LogP contribution in [-0.2, 0) is 6.54 Å². The van der Waals surface area contributed by atoms with E-state index >= 15 is 0 Å². The molecule has 2 atom stereocenters. The Morgan fingerprint density at radius 3 is 2.95 bits per heavy atom. The van der Waals surface area contributed by atoms with Gasteiger partial charge in [0.2, 0.25) is 0 Å². The number of hydrogen-bond donors (Lipinski definition) is 0. The van der Waals surface area contributed by atoms with Crippen LogP contribution in [0.4, 0.5) is 4.39 Å². The first-order valence-electron chi connectivity index (χ1n) is 7.03. The number of thioether (sulfide) groups is 1. The number of halogens is 3. The summed E-state index contributed by atoms with van der Waals surface area (Å²) in [5.41, 5.74) is 1.62. The standard InChI is InChI=1S/C15H17BrClFN2S/c1-9(17)14-19-12-7-11(18)10(16)6-13(12)20(14)8-15(2)4-3-5-21-15/h6-7,9H,3-5,8H2,1-2H3. The Bertz CT molecular complexity index is 680. The first-order chi connectivity index (χ1) is 9.89. The second kappa shape index (κ2) is 5.74. The highest BCUT2D eigenvalue weighted by molar-refractivity contribution is 9.10. The predicted molar refractivity (Wildman–Crippen MR) is 91.8 cm³/mol. The minimum Gasteiger partial charge on any atom is -0.325 e. The van der Waals surface area contributed by atoms with Gasteiger partial charge >= 0.3 is 0 Å². The molecule has 2 nitrogen and oxygen atoms in total. The first kappa shape index (κ1) is 15.6. The highest BCUT2D eigenvalue weighted by atomic mass is 79.9. The molecule has 1 aromatic heterocycles. The Morgan fingerprint density at radius 2 is 2.33 bits per heavy atom. The maximum Gasteiger partial charge on any atom is 0.139 e. The van der Waals surface area contributed by atoms with E-state index in [4.69, 9.17) is 11.6 Å². The van der Waals surface area contributed by atoms with Crippen molar-refractivity contribution in [2.45, 2.75) is 43.4 Å². The summed E-state index contributed by atoms with van der Waals surface area (Å²) in [4.78, 5) is 4.55. The topological polar surface area (TPSA) is 17.8 Å². The summed E-state index contributed by atoms with van der Waals surface area (Å²) in [5.74, 6) is 1.73. The van der Waals surface area contributed by atoms with E-state index in [0.717, 1.165) is 17.9 Å². The van der Waals surface area contributed by atoms with Gasteiger partial charge in [-0.05, 0) is 54.4 Å². The Kier molecular flexibility index (Phi) is 4.27. The Hall–Kier alpha value is -0.260. The Labute approximate surface area is 141 Å². The molecule has 0 amide bonds. The molecule has 0 N–H and O–H groups in total. The van der Waals surface area contributed by atoms with Gasteiger partial charge in [-0.3, -0.25) is 0 Å². The summed E-state index contributed by atoms with van der Waals surface area (Å²) in [6, 6.07) is 3.28. The van der Waals surface area contributed by atoms with Crippen LogP contribution >= 0.6 is 39.3 Å². The monoisotopic (exact) mass is 390 g/mol. The normalized spacial score (nSPS) is 23.9. The molecule has 1 aliphatic heterocycles. The lowest BCUT2D eigenvalue weighted by Gasteiger charge is -2.25. The Morgan fingerprint density at radius 1 is 1.57 bits per heavy atom. The molecular weight excluding hydrogens is 375 g/mol. The van der Waals surface area contributed by atoms with Crippen molar-refractivity contribution in [3.63, 3.8) is 0 Å². The van der Waals surface area contributed by atoms with E-state index in [1.165, 1.54) is 24.7 Å². The predicted octanol–water partition coefficient (Wildman–Crippen LogP) is 5.52. The molecule has 0 bridgehead atoms. The lowest BCUT2D eigenvalue weighted by atomic mass is 10.1. The van der Waals surface area contributed by atoms with Gasteiger partial charge in [0.15, 0.2) is 0 Å². The molecule has 6 heteroatoms. The van der Waals surface area contributed by atoms with Crippen LogP contribution in [0.5, 0.6) is 0 Å². The molecule has 1 saturated heterocycles. The number of nitrogens with zero attached hydrogens (tertiary/aromatic N) is 2. The first-order valence-corrected chi connectivity index (χ1v) is 9.24. The van der Waals surface area contributed by atoms with Crippen LogP contribution in [0.3, 0.4) is 0 Å². The van der Waals surface area contributed by atoms with Gasteiger partial charge < -0.3 is 4.57 Å². The lowest BCUT2D eigenvalue weighted by molar-refractivity contribution is 0.505. The van der Waals surface area contributed by atoms with Gasteiger partial charge in [-0.2, -0.15) is 11.8 Å². The molecule has 0 aliphatic carbocycles. The number of aromatic nitrogens is 2. The minimum absolute atomic E-state index is 0.200. The molecule has 2 heterocycles. The van der Waals surface area contributed by atoms with E-state index in [-0.39, 0.29) is 15.9 Å². The van der Waals surface area contributed by atoms with E-state index < -0.39 is 0 Å². The summed E-state index contributed by atoms with van der Waals surface area (Å²) in [7, 11) is 0. The molecule has 1 aromatic carbocycles. The van der Waals surface area contributed by atoms with Crippen molar-refractivity contribution in [2.24, 2.45) is 0 Å². The number of benzene rings is 1. The zero-order chi connectivity index (χ0) is 15.2. The molecule has 3 rings (SSSR count). The third kappa shape index (κ3) is 2.97. The Balaban J connectivity index is 2.13. The number of imidazole rings is 1. The minimum atomic E-state index is -0.289. The third-order valence-corrected chi connectivity index (χ3v) is 6.29. The number of hydrogen-bond acceptors (Lipinski definition) is 2. The molecule has 0 radical (unpaired) electrons. The van der Waals surface area contributed by atoms with Crippen molar-refractivity contribution in [1.29, 1.82) is 0 Å². The van der Waals surface area contributed by atoms with Crippen LogP contribution in [0.2, 0.25) is 0 Å². The van der Waals surface area contributed by atoms with Crippen LogP contribution in [0.1, 0.15) is 37.9 Å². The highest BCUT2D eigenvalue weighted by Crippen LogP contribution is 2.41. The van der Waals surface area contributed by atoms with Crippen LogP contribution in [0.15, 0.2) is 16.6 Å². The smallest absolute Gasteiger partial charge is 0.139 e. The molecule has 21 heavy (non-hydrogen) atoms. The maximum atomic E-state index is 13.7. The maximum absolute atomic E-state index is 13.7. The summed E-state index contributed by atoms with van der Waals surface area (Å²) >= 11 is 11.6. The molecule has 0 saturated carbocycles. The van der Waals surface area contributed by atoms with Crippen molar-refractivity contribution >= 4 is 50.3 Å². The average Bonchev–Trinajstić information content (AvgIpc) is 2.97. The lowest BCUT2D eigenvalue weighted by Crippen LogP contribution is -2.25. The van der Waals surface area contributed by atoms with Crippen LogP contribution in [0.25, 0.3) is 11.0 Å². The molecular formula is C15H17BrClFN2S. The van der Waals surface area contributed by atoms with Crippen molar-refractivity contribution in [3.8, 4) is 0 Å². The van der Waals surface area contributed by atoms with Crippen molar-refractivity contribution < 1.29 is 4.39 Å². The fourth-order valence-corrected chi connectivity index (χ4v) is 4.69. The van der Waals surface area contributed by atoms with Crippen LogP contribution < -0.4 is 0 Å². The van der Waals surface area contributed by atoms with Crippen molar-refractivity contribution in [2.75, 3.05) is 5.75 Å². The highest BCUT2D eigenvalue weighted by Gasteiger charge is 2.32. The molecule has 1 fully saturated rings. The van der Waals surface area contributed by atoms with E-state index in [1.807, 2.05) is 24.8 Å². The van der Waals surface area contributed by atoms with Gasteiger partial charge in [0.25, 0.3) is 0 Å². The van der Waals surface area contributed by atoms with Gasteiger partial charge in [0.05, 0.1) is 20.9 Å². The second-order valence-corrected chi connectivity index (χ2v) is 9.02. The van der Waals surface area contributed by atoms with Gasteiger partial charge in [-0.25, -0.2) is 9.37 Å². The number of fused-ring (bicyclic) bond motifs is 1. The van der Waals surface area contributed by atoms with E-state index in [9.17, 15) is 4.39 Å². The summed E-state index contributed by atoms with van der Waals surface area (Å²) in [5, 5.41) is -0.200. The summed E-state index contributed by atoms with van der Waals surface area (Å²) < 4.78 is 16.6. The van der Waals surface area contributed by atoms with Gasteiger partial charge in [-0.1, -0.05) is 0 Å². The fraction of sp³-hybridized carbons (Fsp3) is 0.533. The summed E-state index contributed by atoms with van der Waals surface area (Å²) in [6.07, 6.45) is 2.44. The third-order valence-electron chi connectivity index (χ3n) is 3.97. The molecule has 0 spiro atoms. The van der Waals surface area contributed by atoms with E-state index in [2.05, 4.69) is 32.4 Å². The van der Waals surface area contributed by atoms with Crippen molar-refractivity contribution in [1.82, 2.24) is 9.55 Å². The zero-order valence-electron chi connectivity index (χ0n) is 12.0. The molecule has 114 valence electrons. The van der Waals surface area contributed by atoms with Crippen LogP contribution in [0, 0.1) is 5.82 Å². The number of rotatable bonds is 3. The summed E-state index contributed by atoms with van der Waals surface area (Å²) in [6.45, 7) is 5.06. The second-order valence-electron chi connectivity index (χ2n) is 5.83. The van der Waals surface area contributed by atoms with Gasteiger partial charge in [-0.15, -0.1) is 11.6 Å².